The van der Waals surface area contributed by atoms with E-state index in [1.807, 2.05) is 24.4 Å². The molecule has 0 amide bonds. The number of benzene rings is 2. The highest BCUT2D eigenvalue weighted by atomic mass is 15.4. The summed E-state index contributed by atoms with van der Waals surface area (Å²) in [6.07, 6.45) is 3.53. The van der Waals surface area contributed by atoms with Crippen LogP contribution in [-0.4, -0.2) is 15.0 Å². The number of nitrogens with zero attached hydrogens (tertiary/aromatic N) is 3. The minimum atomic E-state index is 0.790. The first-order chi connectivity index (χ1) is 10.2. The highest BCUT2D eigenvalue weighted by molar-refractivity contribution is 5.60. The quantitative estimate of drug-likeness (QED) is 0.794. The first-order valence-electron chi connectivity index (χ1n) is 7.00. The molecule has 1 aromatic heterocycles. The maximum absolute atomic E-state index is 4.06. The van der Waals surface area contributed by atoms with Crippen LogP contribution in [0.4, 0.5) is 5.69 Å². The average molecular weight is 278 g/mol. The molecule has 0 aliphatic heterocycles. The van der Waals surface area contributed by atoms with Crippen molar-refractivity contribution in [3.63, 3.8) is 0 Å². The van der Waals surface area contributed by atoms with E-state index >= 15 is 0 Å². The van der Waals surface area contributed by atoms with Gasteiger partial charge in [0.25, 0.3) is 0 Å². The smallest absolute Gasteiger partial charge is 0.0894 e. The molecule has 21 heavy (non-hydrogen) atoms. The summed E-state index contributed by atoms with van der Waals surface area (Å²) in [5.41, 5.74) is 5.94. The number of nitrogens with one attached hydrogen (secondary N) is 1. The summed E-state index contributed by atoms with van der Waals surface area (Å²) in [6.45, 7) is 5.05. The van der Waals surface area contributed by atoms with Crippen LogP contribution in [0.3, 0.4) is 0 Å². The van der Waals surface area contributed by atoms with Gasteiger partial charge in [-0.1, -0.05) is 41.1 Å². The van der Waals surface area contributed by atoms with Crippen molar-refractivity contribution in [2.75, 3.05) is 5.32 Å². The number of hydrogen-bond donors (Lipinski definition) is 1. The van der Waals surface area contributed by atoms with Gasteiger partial charge in [0, 0.05) is 6.54 Å². The van der Waals surface area contributed by atoms with Crippen LogP contribution in [0, 0.1) is 13.8 Å². The molecule has 1 N–H and O–H groups in total. The van der Waals surface area contributed by atoms with E-state index in [2.05, 4.69) is 53.7 Å². The van der Waals surface area contributed by atoms with E-state index in [-0.39, 0.29) is 0 Å². The summed E-state index contributed by atoms with van der Waals surface area (Å²) in [7, 11) is 0. The third kappa shape index (κ3) is 2.94. The molecule has 4 heteroatoms. The third-order valence-electron chi connectivity index (χ3n) is 3.54. The Hall–Kier alpha value is -2.62. The van der Waals surface area contributed by atoms with Crippen molar-refractivity contribution in [3.8, 4) is 5.69 Å². The van der Waals surface area contributed by atoms with E-state index in [9.17, 15) is 0 Å². The number of hydrogen-bond acceptors (Lipinski definition) is 3. The van der Waals surface area contributed by atoms with Crippen molar-refractivity contribution < 1.29 is 0 Å². The minimum Gasteiger partial charge on any atom is -0.379 e. The number of para-hydroxylation sites is 2. The summed E-state index contributed by atoms with van der Waals surface area (Å²) in [5, 5.41) is 11.4. The lowest BCUT2D eigenvalue weighted by Crippen LogP contribution is -2.06. The molecule has 3 aromatic rings. The van der Waals surface area contributed by atoms with E-state index in [0.717, 1.165) is 17.9 Å². The zero-order valence-corrected chi connectivity index (χ0v) is 12.2. The van der Waals surface area contributed by atoms with Crippen molar-refractivity contribution in [3.05, 3.63) is 71.5 Å². The van der Waals surface area contributed by atoms with E-state index in [1.165, 1.54) is 16.7 Å². The van der Waals surface area contributed by atoms with Crippen LogP contribution >= 0.6 is 0 Å². The topological polar surface area (TPSA) is 42.7 Å². The molecule has 0 spiro atoms. The SMILES string of the molecule is Cc1ccc(CNc2ccccc2-n2ccnn2)c(C)c1. The molecule has 3 rings (SSSR count). The summed E-state index contributed by atoms with van der Waals surface area (Å²) in [4.78, 5) is 0. The summed E-state index contributed by atoms with van der Waals surface area (Å²) in [6, 6.07) is 14.6. The minimum absolute atomic E-state index is 0.790. The van der Waals surface area contributed by atoms with Crippen LogP contribution in [-0.2, 0) is 6.54 Å². The average Bonchev–Trinajstić information content (AvgIpc) is 3.01. The molecule has 0 aliphatic carbocycles. The van der Waals surface area contributed by atoms with Crippen LogP contribution in [0.1, 0.15) is 16.7 Å². The van der Waals surface area contributed by atoms with Crippen LogP contribution in [0.15, 0.2) is 54.9 Å². The number of aryl methyl sites for hydroxylation is 2. The molecule has 2 aromatic carbocycles. The van der Waals surface area contributed by atoms with Gasteiger partial charge in [-0.05, 0) is 37.1 Å². The van der Waals surface area contributed by atoms with Crippen molar-refractivity contribution in [2.24, 2.45) is 0 Å². The van der Waals surface area contributed by atoms with Gasteiger partial charge in [-0.25, -0.2) is 4.68 Å². The maximum Gasteiger partial charge on any atom is 0.0894 e. The molecule has 106 valence electrons. The second kappa shape index (κ2) is 5.79. The Morgan fingerprint density at radius 1 is 1.10 bits per heavy atom. The summed E-state index contributed by atoms with van der Waals surface area (Å²) >= 11 is 0. The van der Waals surface area contributed by atoms with E-state index in [4.69, 9.17) is 0 Å². The number of rotatable bonds is 4. The van der Waals surface area contributed by atoms with Crippen LogP contribution < -0.4 is 5.32 Å². The predicted molar refractivity (Wildman–Crippen MR) is 84.6 cm³/mol. The first-order valence-corrected chi connectivity index (χ1v) is 7.00. The monoisotopic (exact) mass is 278 g/mol. The lowest BCUT2D eigenvalue weighted by atomic mass is 10.1. The van der Waals surface area contributed by atoms with Gasteiger partial charge >= 0.3 is 0 Å². The largest absolute Gasteiger partial charge is 0.379 e. The van der Waals surface area contributed by atoms with Gasteiger partial charge in [0.2, 0.25) is 0 Å². The van der Waals surface area contributed by atoms with Gasteiger partial charge in [-0.2, -0.15) is 0 Å². The van der Waals surface area contributed by atoms with Crippen molar-refractivity contribution >= 4 is 5.69 Å². The zero-order valence-electron chi connectivity index (χ0n) is 12.2. The van der Waals surface area contributed by atoms with Gasteiger partial charge in [0.05, 0.1) is 23.8 Å². The Morgan fingerprint density at radius 3 is 2.71 bits per heavy atom. The predicted octanol–water partition coefficient (Wildman–Crippen LogP) is 3.50. The normalized spacial score (nSPS) is 10.6. The first kappa shape index (κ1) is 13.4. The Bertz CT molecular complexity index is 732. The molecule has 0 atom stereocenters. The van der Waals surface area contributed by atoms with Crippen molar-refractivity contribution in [2.45, 2.75) is 20.4 Å². The van der Waals surface area contributed by atoms with Gasteiger partial charge in [0.15, 0.2) is 0 Å². The van der Waals surface area contributed by atoms with Gasteiger partial charge in [-0.3, -0.25) is 0 Å². The maximum atomic E-state index is 4.06. The van der Waals surface area contributed by atoms with Gasteiger partial charge < -0.3 is 5.32 Å². The Balaban J connectivity index is 1.83. The lowest BCUT2D eigenvalue weighted by molar-refractivity contribution is 0.803. The molecule has 0 aliphatic rings. The Labute approximate surface area is 124 Å². The Kier molecular flexibility index (Phi) is 3.69. The zero-order chi connectivity index (χ0) is 14.7. The number of anilines is 1. The molecular formula is C17H18N4. The molecule has 0 radical (unpaired) electrons. The summed E-state index contributed by atoms with van der Waals surface area (Å²) < 4.78 is 1.77. The van der Waals surface area contributed by atoms with Gasteiger partial charge in [-0.15, -0.1) is 5.10 Å². The van der Waals surface area contributed by atoms with E-state index in [0.29, 0.717) is 0 Å². The van der Waals surface area contributed by atoms with E-state index < -0.39 is 0 Å². The molecule has 4 nitrogen and oxygen atoms in total. The number of aromatic nitrogens is 3. The summed E-state index contributed by atoms with van der Waals surface area (Å²) in [5.74, 6) is 0. The fourth-order valence-corrected chi connectivity index (χ4v) is 2.39. The fourth-order valence-electron chi connectivity index (χ4n) is 2.39. The molecule has 0 unspecified atom stereocenters. The molecular weight excluding hydrogens is 260 g/mol. The van der Waals surface area contributed by atoms with Crippen LogP contribution in [0.5, 0.6) is 0 Å². The second-order valence-corrected chi connectivity index (χ2v) is 5.15. The molecule has 0 saturated carbocycles. The molecule has 0 saturated heterocycles. The highest BCUT2D eigenvalue weighted by Crippen LogP contribution is 2.20. The van der Waals surface area contributed by atoms with Crippen molar-refractivity contribution in [1.29, 1.82) is 0 Å². The molecule has 0 bridgehead atoms. The van der Waals surface area contributed by atoms with Gasteiger partial charge in [0.1, 0.15) is 0 Å². The van der Waals surface area contributed by atoms with Crippen molar-refractivity contribution in [1.82, 2.24) is 15.0 Å². The second-order valence-electron chi connectivity index (χ2n) is 5.15. The Morgan fingerprint density at radius 2 is 1.95 bits per heavy atom. The lowest BCUT2D eigenvalue weighted by Gasteiger charge is -2.13. The van der Waals surface area contributed by atoms with E-state index in [1.54, 1.807) is 10.9 Å². The standard InChI is InChI=1S/C17H18N4/c1-13-7-8-15(14(2)11-13)12-18-16-5-3-4-6-17(16)21-10-9-19-20-21/h3-11,18H,12H2,1-2H3. The molecule has 0 fully saturated rings. The molecule has 1 heterocycles. The van der Waals surface area contributed by atoms with Crippen LogP contribution in [0.25, 0.3) is 5.69 Å². The highest BCUT2D eigenvalue weighted by Gasteiger charge is 2.05. The third-order valence-corrected chi connectivity index (χ3v) is 3.54. The fraction of sp³-hybridized carbons (Fsp3) is 0.176. The van der Waals surface area contributed by atoms with Crippen LogP contribution in [0.2, 0.25) is 0 Å².